The van der Waals surface area contributed by atoms with Gasteiger partial charge in [0.2, 0.25) is 5.95 Å². The number of fused-ring (bicyclic) bond motifs is 1. The summed E-state index contributed by atoms with van der Waals surface area (Å²) >= 11 is 0. The molecule has 22 heavy (non-hydrogen) atoms. The van der Waals surface area contributed by atoms with Crippen molar-refractivity contribution in [3.8, 4) is 0 Å². The average molecular weight is 300 g/mol. The van der Waals surface area contributed by atoms with Gasteiger partial charge in [0.25, 0.3) is 0 Å². The van der Waals surface area contributed by atoms with Gasteiger partial charge in [0, 0.05) is 18.1 Å². The Balaban J connectivity index is 2.10. The fraction of sp³-hybridized carbons (Fsp3) is 0.357. The fourth-order valence-corrected chi connectivity index (χ4v) is 2.40. The Kier molecular flexibility index (Phi) is 3.58. The van der Waals surface area contributed by atoms with Crippen LogP contribution in [0.5, 0.6) is 0 Å². The zero-order valence-corrected chi connectivity index (χ0v) is 12.5. The number of carbonyl (C=O) groups is 1. The molecule has 0 unspecified atom stereocenters. The third kappa shape index (κ3) is 2.43. The summed E-state index contributed by atoms with van der Waals surface area (Å²) in [5, 5.41) is 14.6. The summed E-state index contributed by atoms with van der Waals surface area (Å²) in [5.41, 5.74) is 1.95. The van der Waals surface area contributed by atoms with E-state index in [1.807, 2.05) is 26.0 Å². The Morgan fingerprint density at radius 2 is 2.27 bits per heavy atom. The zero-order valence-electron chi connectivity index (χ0n) is 12.5. The van der Waals surface area contributed by atoms with E-state index in [0.29, 0.717) is 17.2 Å². The van der Waals surface area contributed by atoms with E-state index in [0.717, 1.165) is 5.56 Å². The van der Waals surface area contributed by atoms with Crippen LogP contribution in [0.25, 0.3) is 0 Å². The minimum Gasteiger partial charge on any atom is -0.459 e. The van der Waals surface area contributed by atoms with Crippen LogP contribution in [-0.4, -0.2) is 37.3 Å². The SMILES string of the molecule is CC1=C(C(=O)OC(C)C)[C@@H](c2cccnc2)n2nnnc2N1. The summed E-state index contributed by atoms with van der Waals surface area (Å²) in [4.78, 5) is 16.6. The molecule has 0 aliphatic carbocycles. The highest BCUT2D eigenvalue weighted by molar-refractivity contribution is 5.92. The molecular weight excluding hydrogens is 284 g/mol. The Hall–Kier alpha value is -2.77. The number of ether oxygens (including phenoxy) is 1. The number of carbonyl (C=O) groups excluding carboxylic acids is 1. The maximum Gasteiger partial charge on any atom is 0.338 e. The Morgan fingerprint density at radius 1 is 1.45 bits per heavy atom. The standard InChI is InChI=1S/C14H16N6O2/c1-8(2)22-13(21)11-9(3)16-14-17-18-19-20(14)12(11)10-5-4-6-15-7-10/h4-8,12H,1-3H3,(H,16,17,19)/t12-/m1/s1. The van der Waals surface area contributed by atoms with E-state index in [1.54, 1.807) is 24.0 Å². The summed E-state index contributed by atoms with van der Waals surface area (Å²) in [6.45, 7) is 5.43. The van der Waals surface area contributed by atoms with Crippen molar-refractivity contribution >= 4 is 11.9 Å². The van der Waals surface area contributed by atoms with Crippen LogP contribution >= 0.6 is 0 Å². The summed E-state index contributed by atoms with van der Waals surface area (Å²) < 4.78 is 6.92. The van der Waals surface area contributed by atoms with Gasteiger partial charge in [-0.05, 0) is 42.8 Å². The smallest absolute Gasteiger partial charge is 0.338 e. The van der Waals surface area contributed by atoms with Crippen LogP contribution in [0.1, 0.15) is 32.4 Å². The summed E-state index contributed by atoms with van der Waals surface area (Å²) in [6, 6.07) is 3.22. The van der Waals surface area contributed by atoms with Crippen LogP contribution in [0, 0.1) is 0 Å². The molecule has 0 aromatic carbocycles. The van der Waals surface area contributed by atoms with Crippen molar-refractivity contribution in [3.05, 3.63) is 41.4 Å². The van der Waals surface area contributed by atoms with Gasteiger partial charge in [-0.25, -0.2) is 4.79 Å². The monoisotopic (exact) mass is 300 g/mol. The maximum absolute atomic E-state index is 12.5. The van der Waals surface area contributed by atoms with Gasteiger partial charge in [-0.15, -0.1) is 0 Å². The van der Waals surface area contributed by atoms with Gasteiger partial charge < -0.3 is 10.1 Å². The van der Waals surface area contributed by atoms with Crippen LogP contribution in [0.3, 0.4) is 0 Å². The number of rotatable bonds is 3. The molecule has 8 heteroatoms. The van der Waals surface area contributed by atoms with Gasteiger partial charge >= 0.3 is 5.97 Å². The van der Waals surface area contributed by atoms with E-state index in [4.69, 9.17) is 4.74 Å². The second-order valence-corrected chi connectivity index (χ2v) is 5.25. The predicted molar refractivity (Wildman–Crippen MR) is 77.7 cm³/mol. The molecule has 3 heterocycles. The minimum absolute atomic E-state index is 0.211. The number of nitrogens with one attached hydrogen (secondary N) is 1. The summed E-state index contributed by atoms with van der Waals surface area (Å²) in [5.74, 6) is 0.0856. The van der Waals surface area contributed by atoms with Crippen molar-refractivity contribution in [2.75, 3.05) is 5.32 Å². The summed E-state index contributed by atoms with van der Waals surface area (Å²) in [7, 11) is 0. The molecule has 0 amide bonds. The van der Waals surface area contributed by atoms with Crippen LogP contribution < -0.4 is 5.32 Å². The first-order valence-corrected chi connectivity index (χ1v) is 6.94. The van der Waals surface area contributed by atoms with E-state index in [-0.39, 0.29) is 6.10 Å². The number of hydrogen-bond acceptors (Lipinski definition) is 7. The number of anilines is 1. The molecule has 1 aliphatic rings. The second-order valence-electron chi connectivity index (χ2n) is 5.25. The highest BCUT2D eigenvalue weighted by atomic mass is 16.5. The molecule has 1 aliphatic heterocycles. The van der Waals surface area contributed by atoms with Crippen LogP contribution in [0.2, 0.25) is 0 Å². The molecule has 0 saturated heterocycles. The van der Waals surface area contributed by atoms with Gasteiger partial charge in [-0.2, -0.15) is 4.68 Å². The van der Waals surface area contributed by atoms with Crippen molar-refractivity contribution in [1.82, 2.24) is 25.2 Å². The van der Waals surface area contributed by atoms with Crippen LogP contribution in [0.15, 0.2) is 35.8 Å². The number of aromatic nitrogens is 5. The number of nitrogens with zero attached hydrogens (tertiary/aromatic N) is 5. The Morgan fingerprint density at radius 3 is 2.95 bits per heavy atom. The first-order valence-electron chi connectivity index (χ1n) is 6.94. The molecule has 3 rings (SSSR count). The molecule has 2 aromatic rings. The molecular formula is C14H16N6O2. The van der Waals surface area contributed by atoms with E-state index >= 15 is 0 Å². The number of esters is 1. The third-order valence-corrected chi connectivity index (χ3v) is 3.28. The van der Waals surface area contributed by atoms with Crippen molar-refractivity contribution in [2.24, 2.45) is 0 Å². The average Bonchev–Trinajstić information content (AvgIpc) is 2.93. The molecule has 1 N–H and O–H groups in total. The van der Waals surface area contributed by atoms with Crippen molar-refractivity contribution < 1.29 is 9.53 Å². The first kappa shape index (κ1) is 14.2. The predicted octanol–water partition coefficient (Wildman–Crippen LogP) is 1.31. The van der Waals surface area contributed by atoms with Gasteiger partial charge in [-0.1, -0.05) is 11.2 Å². The molecule has 114 valence electrons. The lowest BCUT2D eigenvalue weighted by Crippen LogP contribution is -2.30. The first-order chi connectivity index (χ1) is 10.6. The summed E-state index contributed by atoms with van der Waals surface area (Å²) in [6.07, 6.45) is 3.16. The molecule has 8 nitrogen and oxygen atoms in total. The minimum atomic E-state index is -0.466. The van der Waals surface area contributed by atoms with Gasteiger partial charge in [0.15, 0.2) is 0 Å². The molecule has 0 fully saturated rings. The second kappa shape index (κ2) is 5.55. The molecule has 2 aromatic heterocycles. The Labute approximate surface area is 127 Å². The maximum atomic E-state index is 12.5. The Bertz CT molecular complexity index is 722. The highest BCUT2D eigenvalue weighted by Gasteiger charge is 2.35. The van der Waals surface area contributed by atoms with Gasteiger partial charge in [-0.3, -0.25) is 4.98 Å². The van der Waals surface area contributed by atoms with E-state index in [1.165, 1.54) is 0 Å². The third-order valence-electron chi connectivity index (χ3n) is 3.28. The van der Waals surface area contributed by atoms with Crippen molar-refractivity contribution in [3.63, 3.8) is 0 Å². The van der Waals surface area contributed by atoms with Crippen molar-refractivity contribution in [2.45, 2.75) is 32.9 Å². The largest absolute Gasteiger partial charge is 0.459 e. The highest BCUT2D eigenvalue weighted by Crippen LogP contribution is 2.34. The number of tetrazole rings is 1. The quantitative estimate of drug-likeness (QED) is 0.854. The van der Waals surface area contributed by atoms with E-state index < -0.39 is 12.0 Å². The number of hydrogen-bond donors (Lipinski definition) is 1. The molecule has 0 spiro atoms. The normalized spacial score (nSPS) is 17.2. The van der Waals surface area contributed by atoms with Gasteiger partial charge in [0.1, 0.15) is 6.04 Å². The van der Waals surface area contributed by atoms with E-state index in [9.17, 15) is 4.79 Å². The molecule has 0 bridgehead atoms. The van der Waals surface area contributed by atoms with Crippen molar-refractivity contribution in [1.29, 1.82) is 0 Å². The number of pyridine rings is 1. The van der Waals surface area contributed by atoms with E-state index in [2.05, 4.69) is 25.8 Å². The van der Waals surface area contributed by atoms with Crippen LogP contribution in [-0.2, 0) is 9.53 Å². The zero-order chi connectivity index (χ0) is 15.7. The number of allylic oxidation sites excluding steroid dienone is 1. The van der Waals surface area contributed by atoms with Crippen LogP contribution in [0.4, 0.5) is 5.95 Å². The molecule has 0 saturated carbocycles. The molecule has 0 radical (unpaired) electrons. The topological polar surface area (TPSA) is 94.8 Å². The fourth-order valence-electron chi connectivity index (χ4n) is 2.40. The molecule has 1 atom stereocenters. The van der Waals surface area contributed by atoms with Gasteiger partial charge in [0.05, 0.1) is 11.7 Å². The lowest BCUT2D eigenvalue weighted by atomic mass is 9.97. The lowest BCUT2D eigenvalue weighted by molar-refractivity contribution is -0.143. The lowest BCUT2D eigenvalue weighted by Gasteiger charge is -2.27.